The van der Waals surface area contributed by atoms with Crippen molar-refractivity contribution in [2.75, 3.05) is 0 Å². The molecule has 0 spiro atoms. The molecular weight excluding hydrogens is 236 g/mol. The number of hydrogen-bond acceptors (Lipinski definition) is 3. The molecule has 0 atom stereocenters. The van der Waals surface area contributed by atoms with Crippen LogP contribution in [0.3, 0.4) is 0 Å². The minimum atomic E-state index is 0.869. The fraction of sp³-hybridized carbons (Fsp3) is 0. The van der Waals surface area contributed by atoms with Crippen molar-refractivity contribution in [3.05, 3.63) is 34.4 Å². The van der Waals surface area contributed by atoms with Gasteiger partial charge in [-0.3, -0.25) is 4.98 Å². The first kappa shape index (κ1) is 7.89. The van der Waals surface area contributed by atoms with E-state index in [4.69, 9.17) is 0 Å². The Morgan fingerprint density at radius 2 is 2.25 bits per heavy atom. The molecule has 12 heavy (non-hydrogen) atoms. The lowest BCUT2D eigenvalue weighted by Crippen LogP contribution is -1.78. The number of aromatic nitrogens is 2. The zero-order valence-electron chi connectivity index (χ0n) is 6.07. The van der Waals surface area contributed by atoms with Gasteiger partial charge in [-0.15, -0.1) is 11.3 Å². The number of hydrogen-bond donors (Lipinski definition) is 0. The Hall–Kier alpha value is -0.740. The molecule has 0 aliphatic heterocycles. The van der Waals surface area contributed by atoms with Gasteiger partial charge in [0.15, 0.2) is 0 Å². The van der Waals surface area contributed by atoms with Gasteiger partial charge in [0.2, 0.25) is 0 Å². The van der Waals surface area contributed by atoms with Crippen LogP contribution in [0.2, 0.25) is 0 Å². The molecule has 0 radical (unpaired) electrons. The molecule has 0 aromatic carbocycles. The maximum atomic E-state index is 4.25. The lowest BCUT2D eigenvalue weighted by atomic mass is 10.4. The molecular formula is C8H5BrN2S. The maximum absolute atomic E-state index is 4.25. The van der Waals surface area contributed by atoms with Gasteiger partial charge in [0.05, 0.1) is 5.69 Å². The maximum Gasteiger partial charge on any atom is 0.143 e. The zero-order valence-corrected chi connectivity index (χ0v) is 8.47. The van der Waals surface area contributed by atoms with Crippen LogP contribution < -0.4 is 0 Å². The Labute approximate surface area is 82.4 Å². The quantitative estimate of drug-likeness (QED) is 0.767. The summed E-state index contributed by atoms with van der Waals surface area (Å²) < 4.78 is 0.869. The fourth-order valence-corrected chi connectivity index (χ4v) is 2.09. The summed E-state index contributed by atoms with van der Waals surface area (Å²) in [5, 5.41) is 2.90. The molecule has 0 saturated heterocycles. The summed E-state index contributed by atoms with van der Waals surface area (Å²) in [7, 11) is 0. The van der Waals surface area contributed by atoms with Crippen LogP contribution in [0.25, 0.3) is 10.7 Å². The Kier molecular flexibility index (Phi) is 2.19. The second-order valence-electron chi connectivity index (χ2n) is 2.19. The van der Waals surface area contributed by atoms with E-state index in [-0.39, 0.29) is 0 Å². The molecule has 2 aromatic rings. The molecule has 2 aromatic heterocycles. The molecule has 2 rings (SSSR count). The molecule has 0 fully saturated rings. The van der Waals surface area contributed by atoms with Crippen molar-refractivity contribution in [2.45, 2.75) is 0 Å². The standard InChI is InChI=1S/C8H5BrN2S/c9-7-5-12-8(11-7)6-3-1-2-4-10-6/h1-5H. The summed E-state index contributed by atoms with van der Waals surface area (Å²) in [4.78, 5) is 8.44. The minimum absolute atomic E-state index is 0.869. The van der Waals surface area contributed by atoms with Gasteiger partial charge in [-0.2, -0.15) is 0 Å². The molecule has 0 amide bonds. The smallest absolute Gasteiger partial charge is 0.143 e. The molecule has 60 valence electrons. The average Bonchev–Trinajstić information content (AvgIpc) is 2.54. The van der Waals surface area contributed by atoms with Gasteiger partial charge in [0, 0.05) is 11.6 Å². The van der Waals surface area contributed by atoms with Crippen LogP contribution in [-0.2, 0) is 0 Å². The van der Waals surface area contributed by atoms with Gasteiger partial charge in [-0.1, -0.05) is 6.07 Å². The molecule has 0 aliphatic carbocycles. The van der Waals surface area contributed by atoms with E-state index in [1.54, 1.807) is 17.5 Å². The molecule has 4 heteroatoms. The van der Waals surface area contributed by atoms with Crippen LogP contribution in [0.5, 0.6) is 0 Å². The number of halogens is 1. The van der Waals surface area contributed by atoms with E-state index in [1.807, 2.05) is 23.6 Å². The van der Waals surface area contributed by atoms with Crippen LogP contribution in [0.15, 0.2) is 34.4 Å². The Morgan fingerprint density at radius 1 is 1.33 bits per heavy atom. The van der Waals surface area contributed by atoms with E-state index in [1.165, 1.54) is 0 Å². The van der Waals surface area contributed by atoms with Gasteiger partial charge >= 0.3 is 0 Å². The zero-order chi connectivity index (χ0) is 8.39. The largest absolute Gasteiger partial charge is 0.254 e. The number of nitrogens with zero attached hydrogens (tertiary/aromatic N) is 2. The summed E-state index contributed by atoms with van der Waals surface area (Å²) in [6.45, 7) is 0. The van der Waals surface area contributed by atoms with Crippen molar-refractivity contribution in [3.63, 3.8) is 0 Å². The summed E-state index contributed by atoms with van der Waals surface area (Å²) in [5.74, 6) is 0. The van der Waals surface area contributed by atoms with Crippen molar-refractivity contribution >= 4 is 27.3 Å². The topological polar surface area (TPSA) is 25.8 Å². The first-order valence-electron chi connectivity index (χ1n) is 3.39. The molecule has 0 bridgehead atoms. The predicted octanol–water partition coefficient (Wildman–Crippen LogP) is 2.97. The van der Waals surface area contributed by atoms with Crippen molar-refractivity contribution in [1.29, 1.82) is 0 Å². The van der Waals surface area contributed by atoms with Crippen LogP contribution in [0, 0.1) is 0 Å². The Bertz CT molecular complexity index is 372. The van der Waals surface area contributed by atoms with Crippen LogP contribution in [-0.4, -0.2) is 9.97 Å². The molecule has 0 saturated carbocycles. The van der Waals surface area contributed by atoms with Crippen LogP contribution in [0.1, 0.15) is 0 Å². The highest BCUT2D eigenvalue weighted by Gasteiger charge is 2.01. The van der Waals surface area contributed by atoms with E-state index in [2.05, 4.69) is 25.9 Å². The van der Waals surface area contributed by atoms with E-state index in [9.17, 15) is 0 Å². The number of pyridine rings is 1. The van der Waals surface area contributed by atoms with Gasteiger partial charge in [0.25, 0.3) is 0 Å². The van der Waals surface area contributed by atoms with Crippen molar-refractivity contribution in [3.8, 4) is 10.7 Å². The summed E-state index contributed by atoms with van der Waals surface area (Å²) in [5.41, 5.74) is 0.924. The third-order valence-corrected chi connectivity index (χ3v) is 2.93. The second-order valence-corrected chi connectivity index (χ2v) is 3.86. The first-order chi connectivity index (χ1) is 5.86. The Morgan fingerprint density at radius 3 is 2.83 bits per heavy atom. The van der Waals surface area contributed by atoms with E-state index in [0.29, 0.717) is 0 Å². The third-order valence-electron chi connectivity index (χ3n) is 1.36. The third kappa shape index (κ3) is 1.54. The highest BCUT2D eigenvalue weighted by atomic mass is 79.9. The molecule has 2 nitrogen and oxygen atoms in total. The van der Waals surface area contributed by atoms with Gasteiger partial charge in [-0.25, -0.2) is 4.98 Å². The Balaban J connectivity index is 2.45. The average molecular weight is 241 g/mol. The first-order valence-corrected chi connectivity index (χ1v) is 5.06. The predicted molar refractivity (Wildman–Crippen MR) is 53.0 cm³/mol. The monoisotopic (exact) mass is 240 g/mol. The second kappa shape index (κ2) is 3.33. The van der Waals surface area contributed by atoms with E-state index in [0.717, 1.165) is 15.3 Å². The van der Waals surface area contributed by atoms with Crippen molar-refractivity contribution in [1.82, 2.24) is 9.97 Å². The highest BCUT2D eigenvalue weighted by Crippen LogP contribution is 2.23. The SMILES string of the molecule is Brc1csc(-c2ccccn2)n1. The van der Waals surface area contributed by atoms with Gasteiger partial charge in [0.1, 0.15) is 9.61 Å². The summed E-state index contributed by atoms with van der Waals surface area (Å²) in [6, 6.07) is 5.80. The van der Waals surface area contributed by atoms with Gasteiger partial charge in [-0.05, 0) is 28.1 Å². The van der Waals surface area contributed by atoms with E-state index >= 15 is 0 Å². The minimum Gasteiger partial charge on any atom is -0.254 e. The lowest BCUT2D eigenvalue weighted by molar-refractivity contribution is 1.28. The van der Waals surface area contributed by atoms with Crippen LogP contribution >= 0.6 is 27.3 Å². The van der Waals surface area contributed by atoms with Crippen LogP contribution in [0.4, 0.5) is 0 Å². The summed E-state index contributed by atoms with van der Waals surface area (Å²) in [6.07, 6.45) is 1.77. The molecule has 2 heterocycles. The summed E-state index contributed by atoms with van der Waals surface area (Å²) >= 11 is 4.88. The molecule has 0 unspecified atom stereocenters. The number of thiazole rings is 1. The van der Waals surface area contributed by atoms with Gasteiger partial charge < -0.3 is 0 Å². The molecule has 0 aliphatic rings. The lowest BCUT2D eigenvalue weighted by Gasteiger charge is -1.91. The van der Waals surface area contributed by atoms with E-state index < -0.39 is 0 Å². The number of rotatable bonds is 1. The van der Waals surface area contributed by atoms with Crippen molar-refractivity contribution in [2.24, 2.45) is 0 Å². The highest BCUT2D eigenvalue weighted by molar-refractivity contribution is 9.10. The van der Waals surface area contributed by atoms with Crippen molar-refractivity contribution < 1.29 is 0 Å². The molecule has 0 N–H and O–H groups in total. The fourth-order valence-electron chi connectivity index (χ4n) is 0.861. The normalized spacial score (nSPS) is 10.1.